The van der Waals surface area contributed by atoms with Gasteiger partial charge in [-0.2, -0.15) is 0 Å². The van der Waals surface area contributed by atoms with Crippen LogP contribution in [0.2, 0.25) is 5.02 Å². The van der Waals surface area contributed by atoms with Gasteiger partial charge in [-0.25, -0.2) is 0 Å². The average molecular weight is 399 g/mol. The molecule has 0 N–H and O–H groups in total. The minimum atomic E-state index is 0.149. The maximum Gasteiger partial charge on any atom is 0.226 e. The molecule has 0 aliphatic carbocycles. The zero-order valence-corrected chi connectivity index (χ0v) is 17.6. The maximum atomic E-state index is 13.2. The standard InChI is InChI=1S/C24H31ClN2O/c1-2-3-14-27(19-20-8-5-4-6-9-20)24(28)22-12-15-26(16-13-22)18-21-10-7-11-23(25)17-21/h4-11,17,22H,2-3,12-16,18-19H2,1H3. The Balaban J connectivity index is 1.55. The number of carbonyl (C=O) groups excluding carboxylic acids is 1. The molecule has 1 aliphatic rings. The minimum Gasteiger partial charge on any atom is -0.338 e. The van der Waals surface area contributed by atoms with Gasteiger partial charge in [0.15, 0.2) is 0 Å². The summed E-state index contributed by atoms with van der Waals surface area (Å²) in [6, 6.07) is 18.4. The van der Waals surface area contributed by atoms with Crippen LogP contribution in [0.15, 0.2) is 54.6 Å². The Bertz CT molecular complexity index is 741. The molecular formula is C24H31ClN2O. The highest BCUT2D eigenvalue weighted by Gasteiger charge is 2.28. The van der Waals surface area contributed by atoms with E-state index in [1.165, 1.54) is 11.1 Å². The van der Waals surface area contributed by atoms with Crippen LogP contribution < -0.4 is 0 Å². The zero-order valence-electron chi connectivity index (χ0n) is 16.8. The molecule has 0 saturated carbocycles. The Labute approximate surface area is 174 Å². The fourth-order valence-corrected chi connectivity index (χ4v) is 4.12. The Morgan fingerprint density at radius 2 is 1.79 bits per heavy atom. The Morgan fingerprint density at radius 3 is 2.46 bits per heavy atom. The van der Waals surface area contributed by atoms with Crippen LogP contribution in [0.4, 0.5) is 0 Å². The number of nitrogens with zero attached hydrogens (tertiary/aromatic N) is 2. The monoisotopic (exact) mass is 398 g/mol. The van der Waals surface area contributed by atoms with Crippen LogP contribution in [0.3, 0.4) is 0 Å². The highest BCUT2D eigenvalue weighted by molar-refractivity contribution is 6.30. The number of amides is 1. The summed E-state index contributed by atoms with van der Waals surface area (Å²) in [4.78, 5) is 17.7. The van der Waals surface area contributed by atoms with Crippen LogP contribution in [-0.4, -0.2) is 35.3 Å². The summed E-state index contributed by atoms with van der Waals surface area (Å²) in [7, 11) is 0. The Hall–Kier alpha value is -1.84. The van der Waals surface area contributed by atoms with Crippen LogP contribution in [0.25, 0.3) is 0 Å². The number of benzene rings is 2. The summed E-state index contributed by atoms with van der Waals surface area (Å²) >= 11 is 6.10. The van der Waals surface area contributed by atoms with Gasteiger partial charge in [0, 0.05) is 30.6 Å². The van der Waals surface area contributed by atoms with Gasteiger partial charge in [-0.1, -0.05) is 67.4 Å². The molecular weight excluding hydrogens is 368 g/mol. The normalized spacial score (nSPS) is 15.5. The molecule has 0 spiro atoms. The lowest BCUT2D eigenvalue weighted by Crippen LogP contribution is -2.42. The van der Waals surface area contributed by atoms with Gasteiger partial charge in [-0.15, -0.1) is 0 Å². The number of hydrogen-bond acceptors (Lipinski definition) is 2. The molecule has 0 radical (unpaired) electrons. The van der Waals surface area contributed by atoms with Gasteiger partial charge >= 0.3 is 0 Å². The van der Waals surface area contributed by atoms with Crippen molar-refractivity contribution in [2.45, 2.75) is 45.7 Å². The highest BCUT2D eigenvalue weighted by Crippen LogP contribution is 2.23. The van der Waals surface area contributed by atoms with E-state index in [1.807, 2.05) is 36.4 Å². The van der Waals surface area contributed by atoms with Gasteiger partial charge in [0.05, 0.1) is 0 Å². The molecule has 2 aromatic carbocycles. The lowest BCUT2D eigenvalue weighted by molar-refractivity contribution is -0.137. The second kappa shape index (κ2) is 10.6. The summed E-state index contributed by atoms with van der Waals surface area (Å²) < 4.78 is 0. The van der Waals surface area contributed by atoms with E-state index in [4.69, 9.17) is 11.6 Å². The van der Waals surface area contributed by atoms with E-state index in [2.05, 4.69) is 34.9 Å². The third-order valence-corrected chi connectivity index (χ3v) is 5.78. The third-order valence-electron chi connectivity index (χ3n) is 5.54. The summed E-state index contributed by atoms with van der Waals surface area (Å²) in [5.74, 6) is 0.482. The second-order valence-electron chi connectivity index (χ2n) is 7.78. The summed E-state index contributed by atoms with van der Waals surface area (Å²) in [6.07, 6.45) is 4.05. The van der Waals surface area contributed by atoms with Crippen LogP contribution >= 0.6 is 11.6 Å². The van der Waals surface area contributed by atoms with E-state index in [0.717, 1.165) is 63.4 Å². The van der Waals surface area contributed by atoms with Crippen LogP contribution in [-0.2, 0) is 17.9 Å². The van der Waals surface area contributed by atoms with Crippen molar-refractivity contribution in [1.29, 1.82) is 0 Å². The fourth-order valence-electron chi connectivity index (χ4n) is 3.91. The van der Waals surface area contributed by atoms with Gasteiger partial charge < -0.3 is 4.90 Å². The van der Waals surface area contributed by atoms with E-state index in [1.54, 1.807) is 0 Å². The number of rotatable bonds is 8. The van der Waals surface area contributed by atoms with E-state index in [9.17, 15) is 4.79 Å². The molecule has 28 heavy (non-hydrogen) atoms. The molecule has 0 atom stereocenters. The molecule has 2 aromatic rings. The first-order valence-electron chi connectivity index (χ1n) is 10.4. The Morgan fingerprint density at radius 1 is 1.07 bits per heavy atom. The van der Waals surface area contributed by atoms with Crippen LogP contribution in [0.1, 0.15) is 43.7 Å². The minimum absolute atomic E-state index is 0.149. The molecule has 150 valence electrons. The maximum absolute atomic E-state index is 13.2. The van der Waals surface area contributed by atoms with Gasteiger partial charge in [-0.05, 0) is 55.6 Å². The highest BCUT2D eigenvalue weighted by atomic mass is 35.5. The van der Waals surface area contributed by atoms with Crippen LogP contribution in [0, 0.1) is 5.92 Å². The molecule has 1 saturated heterocycles. The first kappa shape index (κ1) is 20.9. The van der Waals surface area contributed by atoms with Gasteiger partial charge in [0.2, 0.25) is 5.91 Å². The average Bonchev–Trinajstić information content (AvgIpc) is 2.72. The molecule has 4 heteroatoms. The molecule has 1 aliphatic heterocycles. The SMILES string of the molecule is CCCCN(Cc1ccccc1)C(=O)C1CCN(Cc2cccc(Cl)c2)CC1. The zero-order chi connectivity index (χ0) is 19.8. The van der Waals surface area contributed by atoms with Gasteiger partial charge in [-0.3, -0.25) is 9.69 Å². The van der Waals surface area contributed by atoms with E-state index >= 15 is 0 Å². The smallest absolute Gasteiger partial charge is 0.226 e. The number of unbranched alkanes of at least 4 members (excludes halogenated alkanes) is 1. The van der Waals surface area contributed by atoms with Gasteiger partial charge in [0.25, 0.3) is 0 Å². The molecule has 1 amide bonds. The predicted octanol–water partition coefficient (Wildman–Crippen LogP) is 5.38. The van der Waals surface area contributed by atoms with E-state index in [0.29, 0.717) is 5.91 Å². The van der Waals surface area contributed by atoms with Crippen molar-refractivity contribution >= 4 is 17.5 Å². The molecule has 0 aromatic heterocycles. The molecule has 0 unspecified atom stereocenters. The van der Waals surface area contributed by atoms with Crippen molar-refractivity contribution in [3.05, 3.63) is 70.7 Å². The first-order chi connectivity index (χ1) is 13.7. The number of halogens is 1. The molecule has 3 rings (SSSR count). The fraction of sp³-hybridized carbons (Fsp3) is 0.458. The topological polar surface area (TPSA) is 23.6 Å². The van der Waals surface area contributed by atoms with Crippen molar-refractivity contribution in [3.63, 3.8) is 0 Å². The third kappa shape index (κ3) is 6.08. The summed E-state index contributed by atoms with van der Waals surface area (Å²) in [5.41, 5.74) is 2.45. The van der Waals surface area contributed by atoms with Crippen molar-refractivity contribution in [2.75, 3.05) is 19.6 Å². The summed E-state index contributed by atoms with van der Waals surface area (Å²) in [5, 5.41) is 0.787. The number of carbonyl (C=O) groups is 1. The number of likely N-dealkylation sites (tertiary alicyclic amines) is 1. The first-order valence-corrected chi connectivity index (χ1v) is 10.8. The number of piperidine rings is 1. The lowest BCUT2D eigenvalue weighted by atomic mass is 9.94. The van der Waals surface area contributed by atoms with E-state index < -0.39 is 0 Å². The summed E-state index contributed by atoms with van der Waals surface area (Å²) in [6.45, 7) is 6.60. The van der Waals surface area contributed by atoms with Crippen molar-refractivity contribution < 1.29 is 4.79 Å². The van der Waals surface area contributed by atoms with Crippen molar-refractivity contribution in [3.8, 4) is 0 Å². The largest absolute Gasteiger partial charge is 0.338 e. The van der Waals surface area contributed by atoms with Crippen molar-refractivity contribution in [1.82, 2.24) is 9.80 Å². The molecule has 1 fully saturated rings. The molecule has 3 nitrogen and oxygen atoms in total. The quantitative estimate of drug-likeness (QED) is 0.595. The Kier molecular flexibility index (Phi) is 7.93. The van der Waals surface area contributed by atoms with E-state index in [-0.39, 0.29) is 5.92 Å². The van der Waals surface area contributed by atoms with Crippen LogP contribution in [0.5, 0.6) is 0 Å². The molecule has 1 heterocycles. The molecule has 0 bridgehead atoms. The van der Waals surface area contributed by atoms with Gasteiger partial charge in [0.1, 0.15) is 0 Å². The number of hydrogen-bond donors (Lipinski definition) is 0. The lowest BCUT2D eigenvalue weighted by Gasteiger charge is -2.34. The van der Waals surface area contributed by atoms with Crippen molar-refractivity contribution in [2.24, 2.45) is 5.92 Å². The second-order valence-corrected chi connectivity index (χ2v) is 8.22. The predicted molar refractivity (Wildman–Crippen MR) is 116 cm³/mol.